The number of rotatable bonds is 7. The summed E-state index contributed by atoms with van der Waals surface area (Å²) in [6.45, 7) is 4.30. The standard InChI is InChI=1S/C29H26ClN3O3S/c1-3-32-26-12-8-7-11-24(26)25-18-22(15-16-27(25)32)31-29(34)19-33(28-17-21(30)14-13-20(28)2)37(35,36)23-9-5-4-6-10-23/h4-18H,3,19H2,1-2H3,(H,31,34). The fraction of sp³-hybridized carbons (Fsp3) is 0.138. The summed E-state index contributed by atoms with van der Waals surface area (Å²) in [5.74, 6) is -0.461. The molecule has 4 aromatic carbocycles. The van der Waals surface area contributed by atoms with Gasteiger partial charge in [-0.05, 0) is 67.9 Å². The maximum Gasteiger partial charge on any atom is 0.264 e. The first-order valence-electron chi connectivity index (χ1n) is 11.9. The van der Waals surface area contributed by atoms with Crippen LogP contribution in [0, 0.1) is 6.92 Å². The molecule has 5 aromatic rings. The highest BCUT2D eigenvalue weighted by molar-refractivity contribution is 7.92. The van der Waals surface area contributed by atoms with Gasteiger partial charge in [0.05, 0.1) is 10.6 Å². The minimum Gasteiger partial charge on any atom is -0.341 e. The van der Waals surface area contributed by atoms with Crippen LogP contribution in [0.4, 0.5) is 11.4 Å². The van der Waals surface area contributed by atoms with E-state index in [2.05, 4.69) is 28.9 Å². The van der Waals surface area contributed by atoms with Gasteiger partial charge in [0.25, 0.3) is 10.0 Å². The Morgan fingerprint density at radius 2 is 1.59 bits per heavy atom. The number of sulfonamides is 1. The smallest absolute Gasteiger partial charge is 0.264 e. The van der Waals surface area contributed by atoms with Gasteiger partial charge in [0.1, 0.15) is 6.54 Å². The summed E-state index contributed by atoms with van der Waals surface area (Å²) in [5, 5.41) is 5.40. The topological polar surface area (TPSA) is 71.4 Å². The van der Waals surface area contributed by atoms with Crippen molar-refractivity contribution in [3.05, 3.63) is 102 Å². The molecule has 0 aliphatic rings. The van der Waals surface area contributed by atoms with E-state index in [0.29, 0.717) is 22.0 Å². The number of aryl methyl sites for hydroxylation is 2. The molecule has 0 atom stereocenters. The van der Waals surface area contributed by atoms with Crippen LogP contribution in [-0.2, 0) is 21.4 Å². The molecule has 0 aliphatic heterocycles. The Morgan fingerprint density at radius 3 is 2.35 bits per heavy atom. The molecular formula is C29H26ClN3O3S. The monoisotopic (exact) mass is 531 g/mol. The Balaban J connectivity index is 1.50. The zero-order valence-electron chi connectivity index (χ0n) is 20.5. The molecule has 1 aromatic heterocycles. The van der Waals surface area contributed by atoms with Crippen molar-refractivity contribution < 1.29 is 13.2 Å². The van der Waals surface area contributed by atoms with Gasteiger partial charge >= 0.3 is 0 Å². The van der Waals surface area contributed by atoms with Crippen molar-refractivity contribution in [2.45, 2.75) is 25.3 Å². The molecule has 0 saturated heterocycles. The second kappa shape index (κ2) is 9.92. The van der Waals surface area contributed by atoms with Crippen molar-refractivity contribution in [3.63, 3.8) is 0 Å². The van der Waals surface area contributed by atoms with Crippen molar-refractivity contribution in [2.75, 3.05) is 16.2 Å². The van der Waals surface area contributed by atoms with E-state index < -0.39 is 22.5 Å². The Hall–Kier alpha value is -3.81. The van der Waals surface area contributed by atoms with Crippen LogP contribution in [0.5, 0.6) is 0 Å². The Morgan fingerprint density at radius 1 is 0.892 bits per heavy atom. The first kappa shape index (κ1) is 24.9. The van der Waals surface area contributed by atoms with E-state index in [0.717, 1.165) is 32.7 Å². The average molecular weight is 532 g/mol. The van der Waals surface area contributed by atoms with Crippen LogP contribution in [-0.4, -0.2) is 25.4 Å². The van der Waals surface area contributed by atoms with Crippen molar-refractivity contribution >= 4 is 60.7 Å². The van der Waals surface area contributed by atoms with E-state index in [4.69, 9.17) is 11.6 Å². The summed E-state index contributed by atoms with van der Waals surface area (Å²) in [6.07, 6.45) is 0. The minimum absolute atomic E-state index is 0.0935. The third kappa shape index (κ3) is 4.68. The molecule has 0 saturated carbocycles. The lowest BCUT2D eigenvalue weighted by molar-refractivity contribution is -0.114. The average Bonchev–Trinajstić information content (AvgIpc) is 3.22. The van der Waals surface area contributed by atoms with Crippen LogP contribution in [0.3, 0.4) is 0 Å². The van der Waals surface area contributed by atoms with Crippen molar-refractivity contribution in [3.8, 4) is 0 Å². The molecule has 1 amide bonds. The summed E-state index contributed by atoms with van der Waals surface area (Å²) < 4.78 is 30.6. The molecule has 6 nitrogen and oxygen atoms in total. The highest BCUT2D eigenvalue weighted by Crippen LogP contribution is 2.32. The van der Waals surface area contributed by atoms with Gasteiger partial charge in [-0.25, -0.2) is 8.42 Å². The first-order chi connectivity index (χ1) is 17.8. The number of halogens is 1. The van der Waals surface area contributed by atoms with Gasteiger partial charge in [-0.1, -0.05) is 54.1 Å². The summed E-state index contributed by atoms with van der Waals surface area (Å²) in [7, 11) is -4.03. The molecule has 0 unspecified atom stereocenters. The number of anilines is 2. The number of nitrogens with one attached hydrogen (secondary N) is 1. The molecular weight excluding hydrogens is 506 g/mol. The molecule has 188 valence electrons. The molecule has 37 heavy (non-hydrogen) atoms. The number of nitrogens with zero attached hydrogens (tertiary/aromatic N) is 2. The van der Waals surface area contributed by atoms with Crippen molar-refractivity contribution in [2.24, 2.45) is 0 Å². The maximum absolute atomic E-state index is 13.6. The lowest BCUT2D eigenvalue weighted by atomic mass is 10.1. The minimum atomic E-state index is -4.03. The summed E-state index contributed by atoms with van der Waals surface area (Å²) in [6, 6.07) is 27.0. The van der Waals surface area contributed by atoms with Gasteiger partial charge < -0.3 is 9.88 Å². The number of carbonyl (C=O) groups excluding carboxylic acids is 1. The van der Waals surface area contributed by atoms with Crippen LogP contribution in [0.25, 0.3) is 21.8 Å². The molecule has 0 fully saturated rings. The van der Waals surface area contributed by atoms with Gasteiger partial charge in [-0.2, -0.15) is 0 Å². The Labute approximate surface area is 221 Å². The zero-order valence-corrected chi connectivity index (χ0v) is 22.1. The fourth-order valence-corrected chi connectivity index (χ4v) is 6.34. The molecule has 1 heterocycles. The van der Waals surface area contributed by atoms with Gasteiger partial charge in [0.15, 0.2) is 0 Å². The molecule has 1 N–H and O–H groups in total. The maximum atomic E-state index is 13.6. The highest BCUT2D eigenvalue weighted by Gasteiger charge is 2.28. The predicted octanol–water partition coefficient (Wildman–Crippen LogP) is 6.61. The van der Waals surface area contributed by atoms with Crippen LogP contribution < -0.4 is 9.62 Å². The van der Waals surface area contributed by atoms with Crippen molar-refractivity contribution in [1.82, 2.24) is 4.57 Å². The lowest BCUT2D eigenvalue weighted by Gasteiger charge is -2.26. The van der Waals surface area contributed by atoms with Crippen LogP contribution in [0.2, 0.25) is 5.02 Å². The van der Waals surface area contributed by atoms with E-state index in [1.54, 1.807) is 43.3 Å². The quantitative estimate of drug-likeness (QED) is 0.257. The van der Waals surface area contributed by atoms with E-state index in [9.17, 15) is 13.2 Å². The second-order valence-electron chi connectivity index (χ2n) is 8.80. The Bertz CT molecular complexity index is 1730. The fourth-order valence-electron chi connectivity index (χ4n) is 4.67. The molecule has 8 heteroatoms. The lowest BCUT2D eigenvalue weighted by Crippen LogP contribution is -2.38. The number of hydrogen-bond acceptors (Lipinski definition) is 3. The number of benzene rings is 4. The molecule has 0 aliphatic carbocycles. The normalized spacial score (nSPS) is 11.6. The van der Waals surface area contributed by atoms with E-state index >= 15 is 0 Å². The van der Waals surface area contributed by atoms with Crippen molar-refractivity contribution in [1.29, 1.82) is 0 Å². The SMILES string of the molecule is CCn1c2ccccc2c2cc(NC(=O)CN(c3cc(Cl)ccc3C)S(=O)(=O)c3ccccc3)ccc21. The van der Waals surface area contributed by atoms with Crippen LogP contribution in [0.1, 0.15) is 12.5 Å². The number of carbonyl (C=O) groups is 1. The van der Waals surface area contributed by atoms with Gasteiger partial charge in [-0.3, -0.25) is 9.10 Å². The van der Waals surface area contributed by atoms with E-state index in [1.165, 1.54) is 12.1 Å². The largest absolute Gasteiger partial charge is 0.341 e. The first-order valence-corrected chi connectivity index (χ1v) is 13.8. The zero-order chi connectivity index (χ0) is 26.2. The number of fused-ring (bicyclic) bond motifs is 3. The van der Waals surface area contributed by atoms with Gasteiger partial charge in [0.2, 0.25) is 5.91 Å². The molecule has 0 radical (unpaired) electrons. The van der Waals surface area contributed by atoms with Crippen LogP contribution >= 0.6 is 11.6 Å². The van der Waals surface area contributed by atoms with Crippen LogP contribution in [0.15, 0.2) is 95.9 Å². The number of aromatic nitrogens is 1. The number of para-hydroxylation sites is 1. The van der Waals surface area contributed by atoms with E-state index in [-0.39, 0.29) is 4.90 Å². The van der Waals surface area contributed by atoms with E-state index in [1.807, 2.05) is 30.3 Å². The summed E-state index contributed by atoms with van der Waals surface area (Å²) in [4.78, 5) is 13.4. The Kier molecular flexibility index (Phi) is 6.67. The number of amides is 1. The molecule has 0 bridgehead atoms. The predicted molar refractivity (Wildman–Crippen MR) is 151 cm³/mol. The summed E-state index contributed by atoms with van der Waals surface area (Å²) >= 11 is 6.22. The second-order valence-corrected chi connectivity index (χ2v) is 11.1. The third-order valence-corrected chi connectivity index (χ3v) is 8.44. The molecule has 0 spiro atoms. The number of hydrogen-bond donors (Lipinski definition) is 1. The highest BCUT2D eigenvalue weighted by atomic mass is 35.5. The molecule has 5 rings (SSSR count). The third-order valence-electron chi connectivity index (χ3n) is 6.43. The van der Waals surface area contributed by atoms with Gasteiger partial charge in [0, 0.05) is 39.1 Å². The summed E-state index contributed by atoms with van der Waals surface area (Å²) in [5.41, 5.74) is 3.83. The van der Waals surface area contributed by atoms with Gasteiger partial charge in [-0.15, -0.1) is 0 Å².